The Kier molecular flexibility index (Phi) is 21.3. The first-order valence-electron chi connectivity index (χ1n) is 31.9. The van der Waals surface area contributed by atoms with Crippen molar-refractivity contribution in [3.63, 3.8) is 0 Å². The minimum Gasteiger partial charge on any atom is -0.483 e. The largest absolute Gasteiger partial charge is 0.483 e. The van der Waals surface area contributed by atoms with Crippen molar-refractivity contribution < 1.29 is 43.3 Å². The van der Waals surface area contributed by atoms with E-state index in [1.165, 1.54) is 16.2 Å². The molecule has 0 unspecified atom stereocenters. The van der Waals surface area contributed by atoms with Gasteiger partial charge in [-0.3, -0.25) is 29.4 Å². The molecule has 0 spiro atoms. The second-order valence-electron chi connectivity index (χ2n) is 25.4. The Labute approximate surface area is 534 Å². The summed E-state index contributed by atoms with van der Waals surface area (Å²) < 4.78 is 25.0. The van der Waals surface area contributed by atoms with E-state index in [0.717, 1.165) is 92.8 Å². The van der Waals surface area contributed by atoms with Gasteiger partial charge in [-0.25, -0.2) is 14.4 Å². The van der Waals surface area contributed by atoms with Gasteiger partial charge in [-0.1, -0.05) is 124 Å². The number of aliphatic hydroxyl groups excluding tert-OH is 2. The van der Waals surface area contributed by atoms with Crippen LogP contribution in [0, 0.1) is 29.6 Å². The fourth-order valence-electron chi connectivity index (χ4n) is 12.1. The minimum absolute atomic E-state index is 0.0182. The number of β-amino-alcohol motifs (C(OH)–C–C–N with tert-alkyl or cyclic N) is 1. The number of ether oxygens (including phenoxy) is 1. The predicted octanol–water partition coefficient (Wildman–Crippen LogP) is 9.61. The van der Waals surface area contributed by atoms with Gasteiger partial charge in [0.1, 0.15) is 29.0 Å². The molecule has 0 bridgehead atoms. The summed E-state index contributed by atoms with van der Waals surface area (Å²) in [6.45, 7) is 8.13. The molecule has 91 heavy (non-hydrogen) atoms. The molecule has 1 saturated heterocycles. The number of amides is 5. The standard InChI is InChI=1S/C71H83FN10O8S/c1-46-63(91-45-78-46)51-27-28-52(40-76-67(87)56-39-55(84)42-80(56)68(88)64(70(2,3)4)79-69(89)71(72)33-34-71)57(38-51)90-43-59(86)75-36-17-9-15-26-58(85)74-35-16-6-5-10-19-47-20-18-21-48(37-47)41-81-62(50-24-13-8-14-25-50)60(49-22-11-7-12-23-49)61-65(73)82(44-77-66(61)81)53-29-31-54(83)32-30-53/h7-8,11-14,18,20-25,27-28,37-38,44-45,53-56,64,73,83-84H,5-6,9,15-17,26,29-36,39-43H2,1-4H3,(H,74,85)(H,75,86)(H,76,87)(H,79,89)/t53?,54?,55-,56+,64-/m1/s1. The molecule has 1 aliphatic heterocycles. The number of alkyl halides is 1. The average Bonchev–Trinajstić information content (AvgIpc) is 1.60. The van der Waals surface area contributed by atoms with Crippen LogP contribution >= 0.6 is 11.3 Å². The number of carbonyl (C=O) groups excluding carboxylic acids is 5. The lowest BCUT2D eigenvalue weighted by molar-refractivity contribution is -0.145. The maximum atomic E-state index is 14.7. The lowest BCUT2D eigenvalue weighted by atomic mass is 9.85. The number of thiazole rings is 1. The number of fused-ring (bicyclic) bond motifs is 1. The van der Waals surface area contributed by atoms with Gasteiger partial charge in [0.15, 0.2) is 12.3 Å². The average molecular weight is 1260 g/mol. The SMILES string of the molecule is Cc1ncsc1-c1ccc(CNC(=O)[C@@H]2C[C@@H](O)CN2C(=O)[C@@H](NC(=O)C2(F)CC2)C(C)(C)C)c(OCC(=O)NCCCCCC(=O)NCCCCC#Cc2cccc(Cn3c(-c4ccccc4)c(-c4ccccc4)c4c(=N)n(C5CCC(O)CC5)cnc43)c2)c1. The number of aryl methyl sites for hydroxylation is 1. The molecule has 4 heterocycles. The highest BCUT2D eigenvalue weighted by Gasteiger charge is 2.53. The zero-order chi connectivity index (χ0) is 64.2. The fraction of sp³-hybridized carbons (Fsp3) is 0.437. The summed E-state index contributed by atoms with van der Waals surface area (Å²) in [6, 6.07) is 32.2. The van der Waals surface area contributed by atoms with Gasteiger partial charge in [0.25, 0.3) is 11.8 Å². The first-order chi connectivity index (χ1) is 43.8. The van der Waals surface area contributed by atoms with Gasteiger partial charge in [0.05, 0.1) is 45.7 Å². The van der Waals surface area contributed by atoms with E-state index in [-0.39, 0.29) is 62.9 Å². The van der Waals surface area contributed by atoms with Crippen LogP contribution < -0.4 is 31.5 Å². The van der Waals surface area contributed by atoms with Crippen molar-refractivity contribution in [2.45, 2.75) is 167 Å². The number of likely N-dealkylation sites (tertiary alicyclic amines) is 1. The maximum Gasteiger partial charge on any atom is 0.258 e. The molecule has 2 aliphatic carbocycles. The van der Waals surface area contributed by atoms with E-state index in [9.17, 15) is 44.0 Å². The molecule has 20 heteroatoms. The summed E-state index contributed by atoms with van der Waals surface area (Å²) in [5, 5.41) is 42.9. The minimum atomic E-state index is -2.00. The highest BCUT2D eigenvalue weighted by Crippen LogP contribution is 2.42. The van der Waals surface area contributed by atoms with Gasteiger partial charge in [-0.05, 0) is 117 Å². The molecule has 0 radical (unpaired) electrons. The van der Waals surface area contributed by atoms with E-state index in [1.54, 1.807) is 38.4 Å². The number of unbranched alkanes of at least 4 members (excludes halogenated alkanes) is 4. The summed E-state index contributed by atoms with van der Waals surface area (Å²) in [5.74, 6) is 4.73. The molecule has 3 atom stereocenters. The molecule has 2 saturated carbocycles. The van der Waals surface area contributed by atoms with Gasteiger partial charge in [0, 0.05) is 74.7 Å². The quantitative estimate of drug-likeness (QED) is 0.0211. The highest BCUT2D eigenvalue weighted by molar-refractivity contribution is 7.13. The molecule has 3 fully saturated rings. The monoisotopic (exact) mass is 1250 g/mol. The van der Waals surface area contributed by atoms with Crippen LogP contribution in [0.5, 0.6) is 5.75 Å². The molecule has 5 amide bonds. The second-order valence-corrected chi connectivity index (χ2v) is 26.3. The zero-order valence-electron chi connectivity index (χ0n) is 52.4. The summed E-state index contributed by atoms with van der Waals surface area (Å²) in [4.78, 5) is 78.0. The van der Waals surface area contributed by atoms with E-state index in [1.807, 2.05) is 72.4 Å². The molecule has 18 nitrogen and oxygen atoms in total. The van der Waals surface area contributed by atoms with E-state index in [4.69, 9.17) is 9.72 Å². The van der Waals surface area contributed by atoms with E-state index < -0.39 is 47.0 Å². The van der Waals surface area contributed by atoms with Crippen LogP contribution in [-0.2, 0) is 37.1 Å². The van der Waals surface area contributed by atoms with E-state index in [2.05, 4.69) is 79.1 Å². The summed E-state index contributed by atoms with van der Waals surface area (Å²) in [7, 11) is 0. The lowest BCUT2D eigenvalue weighted by Crippen LogP contribution is -2.59. The number of carbonyl (C=O) groups is 5. The molecule has 7 N–H and O–H groups in total. The maximum absolute atomic E-state index is 14.7. The number of nitrogens with zero attached hydrogens (tertiary/aromatic N) is 5. The van der Waals surface area contributed by atoms with Crippen LogP contribution in [0.1, 0.15) is 139 Å². The van der Waals surface area contributed by atoms with Crippen molar-refractivity contribution in [2.24, 2.45) is 5.41 Å². The van der Waals surface area contributed by atoms with Crippen LogP contribution in [0.15, 0.2) is 115 Å². The molecular formula is C71H83FN10O8S. The van der Waals surface area contributed by atoms with Gasteiger partial charge >= 0.3 is 0 Å². The molecule has 478 valence electrons. The third kappa shape index (κ3) is 16.3. The Balaban J connectivity index is 0.660. The fourth-order valence-corrected chi connectivity index (χ4v) is 13.0. The van der Waals surface area contributed by atoms with Crippen molar-refractivity contribution in [3.05, 3.63) is 143 Å². The van der Waals surface area contributed by atoms with Crippen molar-refractivity contribution in [2.75, 3.05) is 26.2 Å². The number of aromatic nitrogens is 4. The van der Waals surface area contributed by atoms with Gasteiger partial charge < -0.3 is 50.3 Å². The van der Waals surface area contributed by atoms with Crippen molar-refractivity contribution in [1.29, 1.82) is 5.41 Å². The van der Waals surface area contributed by atoms with Crippen LogP contribution in [0.2, 0.25) is 0 Å². The number of hydrogen-bond donors (Lipinski definition) is 7. The second kappa shape index (κ2) is 29.6. The van der Waals surface area contributed by atoms with Crippen LogP contribution in [-0.4, -0.2) is 120 Å². The topological polar surface area (TPSA) is 246 Å². The number of nitrogens with one attached hydrogen (secondary N) is 5. The van der Waals surface area contributed by atoms with Crippen LogP contribution in [0.4, 0.5) is 4.39 Å². The van der Waals surface area contributed by atoms with Crippen LogP contribution in [0.25, 0.3) is 43.9 Å². The normalized spacial score (nSPS) is 18.0. The van der Waals surface area contributed by atoms with Gasteiger partial charge in [-0.2, -0.15) is 0 Å². The first-order valence-corrected chi connectivity index (χ1v) is 32.7. The van der Waals surface area contributed by atoms with E-state index in [0.29, 0.717) is 75.0 Å². The Morgan fingerprint density at radius 2 is 1.53 bits per heavy atom. The summed E-state index contributed by atoms with van der Waals surface area (Å²) >= 11 is 1.46. The molecular weight excluding hydrogens is 1170 g/mol. The summed E-state index contributed by atoms with van der Waals surface area (Å²) in [6.07, 6.45) is 8.41. The number of aliphatic hydroxyl groups is 2. The van der Waals surface area contributed by atoms with Crippen LogP contribution in [0.3, 0.4) is 0 Å². The molecule has 7 aromatic rings. The zero-order valence-corrected chi connectivity index (χ0v) is 53.2. The molecule has 10 rings (SSSR count). The number of hydrogen-bond acceptors (Lipinski definition) is 12. The Bertz CT molecular complexity index is 3860. The highest BCUT2D eigenvalue weighted by atomic mass is 32.1. The van der Waals surface area contributed by atoms with E-state index >= 15 is 0 Å². The Hall–Kier alpha value is -8.51. The van der Waals surface area contributed by atoms with Crippen molar-refractivity contribution >= 4 is 51.9 Å². The lowest BCUT2D eigenvalue weighted by Gasteiger charge is -2.35. The van der Waals surface area contributed by atoms with Gasteiger partial charge in [0.2, 0.25) is 17.7 Å². The first kappa shape index (κ1) is 65.4. The molecule has 4 aromatic carbocycles. The molecule has 3 aliphatic rings. The number of rotatable bonds is 25. The third-order valence-corrected chi connectivity index (χ3v) is 18.4. The number of benzene rings is 4. The van der Waals surface area contributed by atoms with Crippen molar-refractivity contribution in [3.8, 4) is 50.4 Å². The Morgan fingerprint density at radius 1 is 0.813 bits per heavy atom. The smallest absolute Gasteiger partial charge is 0.258 e. The number of halogens is 1. The predicted molar refractivity (Wildman–Crippen MR) is 349 cm³/mol. The van der Waals surface area contributed by atoms with Crippen molar-refractivity contribution in [1.82, 2.24) is 45.3 Å². The third-order valence-electron chi connectivity index (χ3n) is 17.4. The van der Waals surface area contributed by atoms with Gasteiger partial charge in [-0.15, -0.1) is 11.3 Å². The molecule has 3 aromatic heterocycles. The summed E-state index contributed by atoms with van der Waals surface area (Å²) in [5.41, 5.74) is 8.27. The Morgan fingerprint density at radius 3 is 2.23 bits per heavy atom.